The van der Waals surface area contributed by atoms with Gasteiger partial charge in [0, 0.05) is 24.0 Å². The quantitative estimate of drug-likeness (QED) is 0.733. The standard InChI is InChI=1S/C11H6F3N5O/c12-11(13,14)7-5-8(20)19-10(16-7)17-9(18-19)6-1-3-15-4-2-6/h1-5H,(H,16,17,18). The van der Waals surface area contributed by atoms with Gasteiger partial charge in [0.2, 0.25) is 0 Å². The topological polar surface area (TPSA) is 75.9 Å². The number of nitrogens with zero attached hydrogens (tertiary/aromatic N) is 4. The van der Waals surface area contributed by atoms with Gasteiger partial charge in [0.1, 0.15) is 0 Å². The van der Waals surface area contributed by atoms with Gasteiger partial charge in [0.05, 0.1) is 0 Å². The van der Waals surface area contributed by atoms with E-state index in [-0.39, 0.29) is 11.6 Å². The second-order valence-corrected chi connectivity index (χ2v) is 3.92. The van der Waals surface area contributed by atoms with Crippen molar-refractivity contribution in [3.8, 4) is 11.4 Å². The molecule has 0 unspecified atom stereocenters. The molecule has 0 saturated heterocycles. The highest BCUT2D eigenvalue weighted by Crippen LogP contribution is 2.26. The van der Waals surface area contributed by atoms with Crippen LogP contribution in [0.3, 0.4) is 0 Å². The molecule has 9 heteroatoms. The molecule has 0 saturated carbocycles. The van der Waals surface area contributed by atoms with Crippen molar-refractivity contribution in [2.24, 2.45) is 0 Å². The molecular weight excluding hydrogens is 275 g/mol. The largest absolute Gasteiger partial charge is 0.433 e. The van der Waals surface area contributed by atoms with Crippen molar-refractivity contribution in [3.05, 3.63) is 46.6 Å². The number of nitrogens with one attached hydrogen (secondary N) is 1. The Morgan fingerprint density at radius 3 is 2.50 bits per heavy atom. The summed E-state index contributed by atoms with van der Waals surface area (Å²) in [6.07, 6.45) is -1.69. The fourth-order valence-electron chi connectivity index (χ4n) is 1.67. The van der Waals surface area contributed by atoms with Crippen LogP contribution in [-0.2, 0) is 6.18 Å². The number of hydrogen-bond donors (Lipinski definition) is 1. The number of aromatic nitrogens is 5. The molecule has 0 amide bonds. The number of pyridine rings is 1. The zero-order valence-electron chi connectivity index (χ0n) is 9.72. The third-order valence-electron chi connectivity index (χ3n) is 2.57. The van der Waals surface area contributed by atoms with Crippen LogP contribution in [-0.4, -0.2) is 24.6 Å². The van der Waals surface area contributed by atoms with Crippen LogP contribution < -0.4 is 5.56 Å². The van der Waals surface area contributed by atoms with E-state index in [4.69, 9.17) is 0 Å². The van der Waals surface area contributed by atoms with Crippen LogP contribution in [0.1, 0.15) is 5.69 Å². The Morgan fingerprint density at radius 2 is 1.85 bits per heavy atom. The zero-order valence-corrected chi connectivity index (χ0v) is 9.72. The van der Waals surface area contributed by atoms with Gasteiger partial charge in [-0.15, -0.1) is 0 Å². The van der Waals surface area contributed by atoms with Crippen LogP contribution in [0.25, 0.3) is 17.2 Å². The molecule has 3 aromatic rings. The summed E-state index contributed by atoms with van der Waals surface area (Å²) < 4.78 is 38.6. The lowest BCUT2D eigenvalue weighted by atomic mass is 10.3. The highest BCUT2D eigenvalue weighted by atomic mass is 19.4. The van der Waals surface area contributed by atoms with Crippen molar-refractivity contribution in [2.45, 2.75) is 6.18 Å². The van der Waals surface area contributed by atoms with Gasteiger partial charge in [-0.25, -0.2) is 4.98 Å². The third kappa shape index (κ3) is 2.02. The molecule has 0 spiro atoms. The van der Waals surface area contributed by atoms with Gasteiger partial charge in [-0.3, -0.25) is 14.9 Å². The highest BCUT2D eigenvalue weighted by molar-refractivity contribution is 5.55. The lowest BCUT2D eigenvalue weighted by molar-refractivity contribution is -0.141. The van der Waals surface area contributed by atoms with Crippen molar-refractivity contribution >= 4 is 5.78 Å². The molecule has 20 heavy (non-hydrogen) atoms. The van der Waals surface area contributed by atoms with E-state index in [1.807, 2.05) is 0 Å². The van der Waals surface area contributed by atoms with E-state index in [1.54, 1.807) is 12.1 Å². The maximum Gasteiger partial charge on any atom is 0.433 e. The molecule has 3 rings (SSSR count). The summed E-state index contributed by atoms with van der Waals surface area (Å²) in [5.41, 5.74) is -1.57. The van der Waals surface area contributed by atoms with Crippen LogP contribution >= 0.6 is 0 Å². The smallest absolute Gasteiger partial charge is 0.271 e. The predicted molar refractivity (Wildman–Crippen MR) is 61.8 cm³/mol. The summed E-state index contributed by atoms with van der Waals surface area (Å²) in [6, 6.07) is 3.63. The first-order valence-corrected chi connectivity index (χ1v) is 5.42. The van der Waals surface area contributed by atoms with E-state index in [9.17, 15) is 18.0 Å². The molecular formula is C11H6F3N5O. The molecule has 0 aromatic carbocycles. The molecule has 0 radical (unpaired) electrons. The predicted octanol–water partition coefficient (Wildman–Crippen LogP) is 1.50. The van der Waals surface area contributed by atoms with Gasteiger partial charge >= 0.3 is 6.18 Å². The van der Waals surface area contributed by atoms with Crippen molar-refractivity contribution in [2.75, 3.05) is 0 Å². The van der Waals surface area contributed by atoms with E-state index in [2.05, 4.69) is 20.1 Å². The fourth-order valence-corrected chi connectivity index (χ4v) is 1.67. The van der Waals surface area contributed by atoms with Gasteiger partial charge in [-0.2, -0.15) is 22.7 Å². The first-order chi connectivity index (χ1) is 9.45. The summed E-state index contributed by atoms with van der Waals surface area (Å²) in [4.78, 5) is 22.7. The molecule has 0 bridgehead atoms. The van der Waals surface area contributed by atoms with Gasteiger partial charge < -0.3 is 0 Å². The van der Waals surface area contributed by atoms with Crippen LogP contribution in [0.15, 0.2) is 35.4 Å². The number of fused-ring (bicyclic) bond motifs is 1. The average molecular weight is 281 g/mol. The van der Waals surface area contributed by atoms with E-state index >= 15 is 0 Å². The lowest BCUT2D eigenvalue weighted by Gasteiger charge is -2.03. The number of rotatable bonds is 1. The van der Waals surface area contributed by atoms with Gasteiger partial charge in [-0.1, -0.05) is 0 Å². The van der Waals surface area contributed by atoms with Crippen LogP contribution in [0.2, 0.25) is 0 Å². The molecule has 0 aliphatic carbocycles. The second kappa shape index (κ2) is 4.15. The number of hydrogen-bond acceptors (Lipinski definition) is 4. The van der Waals surface area contributed by atoms with Gasteiger partial charge in [0.25, 0.3) is 11.3 Å². The minimum absolute atomic E-state index is 0.233. The Morgan fingerprint density at radius 1 is 1.15 bits per heavy atom. The molecule has 3 aromatic heterocycles. The number of aromatic amines is 1. The van der Waals surface area contributed by atoms with Gasteiger partial charge in [-0.05, 0) is 12.1 Å². The van der Waals surface area contributed by atoms with E-state index < -0.39 is 17.4 Å². The number of H-pyrrole nitrogens is 1. The third-order valence-corrected chi connectivity index (χ3v) is 2.57. The first-order valence-electron chi connectivity index (χ1n) is 5.42. The average Bonchev–Trinajstić information content (AvgIpc) is 2.83. The minimum atomic E-state index is -4.69. The molecule has 0 fully saturated rings. The molecule has 0 aliphatic heterocycles. The van der Waals surface area contributed by atoms with Crippen LogP contribution in [0.4, 0.5) is 13.2 Å². The Hall–Kier alpha value is -2.71. The fraction of sp³-hybridized carbons (Fsp3) is 0.0909. The summed E-state index contributed by atoms with van der Waals surface area (Å²) in [5, 5.41) is 2.59. The zero-order chi connectivity index (χ0) is 14.3. The van der Waals surface area contributed by atoms with E-state index in [1.165, 1.54) is 12.4 Å². The summed E-state index contributed by atoms with van der Waals surface area (Å²) >= 11 is 0. The molecule has 0 aliphatic rings. The SMILES string of the molecule is O=c1cc(C(F)(F)F)nc2nc(-c3ccncc3)[nH]n12. The van der Waals surface area contributed by atoms with Crippen molar-refractivity contribution in [1.82, 2.24) is 24.6 Å². The molecule has 0 atom stereocenters. The van der Waals surface area contributed by atoms with Crippen molar-refractivity contribution in [1.29, 1.82) is 0 Å². The van der Waals surface area contributed by atoms with E-state index in [0.717, 1.165) is 4.52 Å². The highest BCUT2D eigenvalue weighted by Gasteiger charge is 2.33. The maximum absolute atomic E-state index is 12.6. The summed E-state index contributed by atoms with van der Waals surface area (Å²) in [5.74, 6) is -0.104. The minimum Gasteiger partial charge on any atom is -0.271 e. The molecule has 1 N–H and O–H groups in total. The lowest BCUT2D eigenvalue weighted by Crippen LogP contribution is -2.20. The molecule has 6 nitrogen and oxygen atoms in total. The van der Waals surface area contributed by atoms with Crippen molar-refractivity contribution in [3.63, 3.8) is 0 Å². The Labute approximate surface area is 108 Å². The monoisotopic (exact) mass is 281 g/mol. The van der Waals surface area contributed by atoms with E-state index in [0.29, 0.717) is 11.6 Å². The Bertz CT molecular complexity index is 821. The van der Waals surface area contributed by atoms with Crippen LogP contribution in [0.5, 0.6) is 0 Å². The summed E-state index contributed by atoms with van der Waals surface area (Å²) in [7, 11) is 0. The number of halogens is 3. The van der Waals surface area contributed by atoms with Crippen LogP contribution in [0, 0.1) is 0 Å². The molecule has 3 heterocycles. The molecule has 102 valence electrons. The maximum atomic E-state index is 12.6. The first kappa shape index (κ1) is 12.3. The Balaban J connectivity index is 2.22. The van der Waals surface area contributed by atoms with Gasteiger partial charge in [0.15, 0.2) is 11.5 Å². The Kier molecular flexibility index (Phi) is 2.56. The van der Waals surface area contributed by atoms with Crippen molar-refractivity contribution < 1.29 is 13.2 Å². The summed E-state index contributed by atoms with van der Waals surface area (Å²) in [6.45, 7) is 0. The second-order valence-electron chi connectivity index (χ2n) is 3.92. The normalized spacial score (nSPS) is 11.9. The number of alkyl halides is 3.